The Morgan fingerprint density at radius 1 is 1.06 bits per heavy atom. The predicted octanol–water partition coefficient (Wildman–Crippen LogP) is 2.82. The van der Waals surface area contributed by atoms with E-state index in [0.717, 1.165) is 11.5 Å². The minimum atomic E-state index is -0.147. The second kappa shape index (κ2) is 6.05. The summed E-state index contributed by atoms with van der Waals surface area (Å²) in [5, 5.41) is 0. The topological polar surface area (TPSA) is 37.4 Å². The monoisotopic (exact) mass is 263 g/mol. The number of amides is 2. The van der Waals surface area contributed by atoms with Gasteiger partial charge >= 0.3 is 0 Å². The van der Waals surface area contributed by atoms with Gasteiger partial charge in [-0.1, -0.05) is 25.5 Å². The van der Waals surface area contributed by atoms with Crippen LogP contribution in [0.1, 0.15) is 40.5 Å². The number of hydrogen-bond donors (Lipinski definition) is 0. The van der Waals surface area contributed by atoms with Crippen molar-refractivity contribution in [2.45, 2.75) is 19.8 Å². The highest BCUT2D eigenvalue weighted by Crippen LogP contribution is 2.22. The molecule has 0 N–H and O–H groups in total. The number of unbranched alkanes of at least 4 members (excludes halogenated alkanes) is 1. The number of nitrogens with zero attached hydrogens (tertiary/aromatic N) is 1. The molecule has 0 spiro atoms. The van der Waals surface area contributed by atoms with Crippen LogP contribution in [0.3, 0.4) is 0 Å². The van der Waals surface area contributed by atoms with Crippen molar-refractivity contribution in [2.24, 2.45) is 0 Å². The molecule has 1 aliphatic rings. The highest BCUT2D eigenvalue weighted by molar-refractivity contribution is 7.99. The molecule has 0 saturated carbocycles. The Morgan fingerprint density at radius 3 is 2.22 bits per heavy atom. The van der Waals surface area contributed by atoms with Crippen LogP contribution in [0.4, 0.5) is 0 Å². The van der Waals surface area contributed by atoms with E-state index in [1.54, 1.807) is 36.0 Å². The van der Waals surface area contributed by atoms with Crippen LogP contribution in [-0.2, 0) is 0 Å². The average Bonchev–Trinajstić information content (AvgIpc) is 2.64. The van der Waals surface area contributed by atoms with Crippen molar-refractivity contribution in [3.8, 4) is 0 Å². The number of benzene rings is 1. The largest absolute Gasteiger partial charge is 0.274 e. The van der Waals surface area contributed by atoms with Gasteiger partial charge in [-0.2, -0.15) is 11.8 Å². The molecular weight excluding hydrogens is 246 g/mol. The van der Waals surface area contributed by atoms with E-state index < -0.39 is 0 Å². The van der Waals surface area contributed by atoms with Gasteiger partial charge < -0.3 is 0 Å². The van der Waals surface area contributed by atoms with Crippen LogP contribution in [0.2, 0.25) is 0 Å². The second-order valence-electron chi connectivity index (χ2n) is 4.27. The molecule has 1 aromatic carbocycles. The minimum absolute atomic E-state index is 0.147. The van der Waals surface area contributed by atoms with Crippen LogP contribution in [0.15, 0.2) is 24.3 Å². The molecule has 0 atom stereocenters. The highest BCUT2D eigenvalue weighted by atomic mass is 32.2. The molecule has 0 bridgehead atoms. The molecule has 0 saturated heterocycles. The molecule has 1 aliphatic heterocycles. The normalized spacial score (nSPS) is 14.2. The van der Waals surface area contributed by atoms with Crippen LogP contribution in [0.5, 0.6) is 0 Å². The number of imide groups is 1. The molecule has 2 amide bonds. The minimum Gasteiger partial charge on any atom is -0.274 e. The number of hydrogen-bond acceptors (Lipinski definition) is 3. The smallest absolute Gasteiger partial charge is 0.261 e. The van der Waals surface area contributed by atoms with E-state index in [-0.39, 0.29) is 11.8 Å². The number of carbonyl (C=O) groups is 2. The van der Waals surface area contributed by atoms with Crippen molar-refractivity contribution < 1.29 is 9.59 Å². The zero-order valence-corrected chi connectivity index (χ0v) is 11.3. The Kier molecular flexibility index (Phi) is 4.42. The van der Waals surface area contributed by atoms with E-state index >= 15 is 0 Å². The quantitative estimate of drug-likeness (QED) is 0.585. The van der Waals surface area contributed by atoms with Crippen molar-refractivity contribution in [2.75, 3.05) is 18.1 Å². The molecule has 1 aromatic rings. The first-order chi connectivity index (χ1) is 8.75. The second-order valence-corrected chi connectivity index (χ2v) is 5.50. The summed E-state index contributed by atoms with van der Waals surface area (Å²) in [5.74, 6) is 1.63. The average molecular weight is 263 g/mol. The molecule has 4 heteroatoms. The molecule has 0 unspecified atom stereocenters. The van der Waals surface area contributed by atoms with Crippen LogP contribution in [0, 0.1) is 0 Å². The Hall–Kier alpha value is -1.29. The Bertz CT molecular complexity index is 424. The first-order valence-corrected chi connectivity index (χ1v) is 7.44. The van der Waals surface area contributed by atoms with Crippen LogP contribution in [-0.4, -0.2) is 34.8 Å². The molecule has 3 nitrogen and oxygen atoms in total. The zero-order valence-electron chi connectivity index (χ0n) is 10.5. The summed E-state index contributed by atoms with van der Waals surface area (Å²) >= 11 is 1.80. The lowest BCUT2D eigenvalue weighted by atomic mass is 10.1. The van der Waals surface area contributed by atoms with E-state index in [2.05, 4.69) is 6.92 Å². The van der Waals surface area contributed by atoms with Crippen molar-refractivity contribution in [1.82, 2.24) is 4.90 Å². The molecule has 1 heterocycles. The Labute approximate surface area is 112 Å². The summed E-state index contributed by atoms with van der Waals surface area (Å²) in [6.45, 7) is 2.67. The van der Waals surface area contributed by atoms with Gasteiger partial charge in [0, 0.05) is 12.3 Å². The molecule has 0 aromatic heterocycles. The van der Waals surface area contributed by atoms with Crippen LogP contribution >= 0.6 is 11.8 Å². The fourth-order valence-corrected chi connectivity index (χ4v) is 2.96. The van der Waals surface area contributed by atoms with Gasteiger partial charge in [0.1, 0.15) is 0 Å². The maximum Gasteiger partial charge on any atom is 0.261 e. The van der Waals surface area contributed by atoms with E-state index in [4.69, 9.17) is 0 Å². The zero-order chi connectivity index (χ0) is 13.0. The third kappa shape index (κ3) is 2.58. The van der Waals surface area contributed by atoms with E-state index in [9.17, 15) is 9.59 Å². The summed E-state index contributed by atoms with van der Waals surface area (Å²) < 4.78 is 0. The van der Waals surface area contributed by atoms with Gasteiger partial charge in [-0.05, 0) is 24.3 Å². The lowest BCUT2D eigenvalue weighted by Gasteiger charge is -2.13. The number of thioether (sulfide) groups is 1. The van der Waals surface area contributed by atoms with Gasteiger partial charge in [-0.3, -0.25) is 14.5 Å². The van der Waals surface area contributed by atoms with E-state index in [1.807, 2.05) is 0 Å². The summed E-state index contributed by atoms with van der Waals surface area (Å²) in [7, 11) is 0. The molecule has 0 fully saturated rings. The molecule has 96 valence electrons. The first-order valence-electron chi connectivity index (χ1n) is 6.28. The molecule has 0 aliphatic carbocycles. The Morgan fingerprint density at radius 2 is 1.67 bits per heavy atom. The molecule has 2 rings (SSSR count). The summed E-state index contributed by atoms with van der Waals surface area (Å²) in [4.78, 5) is 25.4. The van der Waals surface area contributed by atoms with Crippen LogP contribution < -0.4 is 0 Å². The third-order valence-corrected chi connectivity index (χ3v) is 4.03. The highest BCUT2D eigenvalue weighted by Gasteiger charge is 2.34. The number of rotatable bonds is 6. The Balaban J connectivity index is 1.93. The maximum atomic E-state index is 12.0. The lowest BCUT2D eigenvalue weighted by molar-refractivity contribution is 0.0664. The summed E-state index contributed by atoms with van der Waals surface area (Å²) in [6, 6.07) is 7.03. The van der Waals surface area contributed by atoms with Gasteiger partial charge in [0.15, 0.2) is 0 Å². The van der Waals surface area contributed by atoms with Crippen molar-refractivity contribution in [3.63, 3.8) is 0 Å². The van der Waals surface area contributed by atoms with E-state index in [0.29, 0.717) is 17.7 Å². The fraction of sp³-hybridized carbons (Fsp3) is 0.429. The number of carbonyl (C=O) groups excluding carboxylic acids is 2. The fourth-order valence-electron chi connectivity index (χ4n) is 1.95. The van der Waals surface area contributed by atoms with Crippen molar-refractivity contribution in [1.29, 1.82) is 0 Å². The van der Waals surface area contributed by atoms with Gasteiger partial charge in [-0.15, -0.1) is 0 Å². The maximum absolute atomic E-state index is 12.0. The van der Waals surface area contributed by atoms with E-state index in [1.165, 1.54) is 17.7 Å². The standard InChI is InChI=1S/C14H17NO2S/c1-2-3-9-18-10-8-15-13(16)11-6-4-5-7-12(11)14(15)17/h4-7H,2-3,8-10H2,1H3. The molecule has 18 heavy (non-hydrogen) atoms. The van der Waals surface area contributed by atoms with Crippen LogP contribution in [0.25, 0.3) is 0 Å². The van der Waals surface area contributed by atoms with Gasteiger partial charge in [0.25, 0.3) is 11.8 Å². The van der Waals surface area contributed by atoms with Crippen molar-refractivity contribution >= 4 is 23.6 Å². The number of fused-ring (bicyclic) bond motifs is 1. The van der Waals surface area contributed by atoms with Gasteiger partial charge in [0.05, 0.1) is 11.1 Å². The van der Waals surface area contributed by atoms with Gasteiger partial charge in [-0.25, -0.2) is 0 Å². The van der Waals surface area contributed by atoms with Crippen molar-refractivity contribution in [3.05, 3.63) is 35.4 Å². The molecule has 0 radical (unpaired) electrons. The van der Waals surface area contributed by atoms with Gasteiger partial charge in [0.2, 0.25) is 0 Å². The lowest BCUT2D eigenvalue weighted by Crippen LogP contribution is -2.31. The third-order valence-electron chi connectivity index (χ3n) is 2.98. The SMILES string of the molecule is CCCCSCCN1C(=O)c2ccccc2C1=O. The first kappa shape index (κ1) is 13.1. The summed E-state index contributed by atoms with van der Waals surface area (Å²) in [6.07, 6.45) is 2.37. The molecular formula is C14H17NO2S. The predicted molar refractivity (Wildman–Crippen MR) is 74.0 cm³/mol. The summed E-state index contributed by atoms with van der Waals surface area (Å²) in [5.41, 5.74) is 1.09.